The molecule has 1 aliphatic rings. The van der Waals surface area contributed by atoms with E-state index < -0.39 is 0 Å². The van der Waals surface area contributed by atoms with Crippen molar-refractivity contribution in [3.8, 4) is 0 Å². The first-order chi connectivity index (χ1) is 9.72. The smallest absolute Gasteiger partial charge is 0.231 e. The quantitative estimate of drug-likeness (QED) is 0.862. The Labute approximate surface area is 123 Å². The fourth-order valence-corrected chi connectivity index (χ4v) is 3.35. The molecular weight excluding hydrogens is 270 g/mol. The lowest BCUT2D eigenvalue weighted by molar-refractivity contribution is 0.180. The summed E-state index contributed by atoms with van der Waals surface area (Å²) >= 11 is 1.76. The molecule has 0 unspecified atom stereocenters. The van der Waals surface area contributed by atoms with Crippen molar-refractivity contribution >= 4 is 11.3 Å². The molecule has 2 aromatic rings. The summed E-state index contributed by atoms with van der Waals surface area (Å²) in [5.41, 5.74) is 1.41. The highest BCUT2D eigenvalue weighted by atomic mass is 32.1. The molecule has 0 bridgehead atoms. The largest absolute Gasteiger partial charge is 0.339 e. The minimum Gasteiger partial charge on any atom is -0.339 e. The predicted octanol–water partition coefficient (Wildman–Crippen LogP) is 3.63. The van der Waals surface area contributed by atoms with Gasteiger partial charge in [0, 0.05) is 19.0 Å². The van der Waals surface area contributed by atoms with Gasteiger partial charge in [0.05, 0.1) is 5.92 Å². The Balaban J connectivity index is 1.65. The van der Waals surface area contributed by atoms with E-state index in [0.717, 1.165) is 37.8 Å². The third-order valence-electron chi connectivity index (χ3n) is 3.81. The Morgan fingerprint density at radius 2 is 2.40 bits per heavy atom. The number of nitrogens with zero attached hydrogens (tertiary/aromatic N) is 3. The third kappa shape index (κ3) is 3.10. The van der Waals surface area contributed by atoms with Crippen molar-refractivity contribution in [1.29, 1.82) is 0 Å². The van der Waals surface area contributed by atoms with Gasteiger partial charge in [0.15, 0.2) is 5.82 Å². The summed E-state index contributed by atoms with van der Waals surface area (Å²) in [5, 5.41) is 8.46. The van der Waals surface area contributed by atoms with Gasteiger partial charge in [-0.25, -0.2) is 0 Å². The van der Waals surface area contributed by atoms with Crippen LogP contribution >= 0.6 is 11.3 Å². The molecule has 0 aliphatic carbocycles. The normalized spacial score (nSPS) is 20.6. The van der Waals surface area contributed by atoms with Gasteiger partial charge in [0.25, 0.3) is 0 Å². The molecule has 1 fully saturated rings. The lowest BCUT2D eigenvalue weighted by Gasteiger charge is -2.30. The Hall–Kier alpha value is -1.20. The van der Waals surface area contributed by atoms with Crippen LogP contribution in [0.5, 0.6) is 0 Å². The fourth-order valence-electron chi connectivity index (χ4n) is 2.69. The minimum atomic E-state index is 0.331. The molecule has 3 rings (SSSR count). The second-order valence-electron chi connectivity index (χ2n) is 5.85. The second kappa shape index (κ2) is 6.06. The van der Waals surface area contributed by atoms with Crippen molar-refractivity contribution in [3.63, 3.8) is 0 Å². The molecule has 5 heteroatoms. The monoisotopic (exact) mass is 291 g/mol. The summed E-state index contributed by atoms with van der Waals surface area (Å²) in [6, 6.07) is 2.21. The van der Waals surface area contributed by atoms with Gasteiger partial charge in [-0.1, -0.05) is 19.0 Å². The van der Waals surface area contributed by atoms with Crippen molar-refractivity contribution in [2.45, 2.75) is 45.1 Å². The highest BCUT2D eigenvalue weighted by Gasteiger charge is 2.26. The molecule has 2 aromatic heterocycles. The number of piperidine rings is 1. The van der Waals surface area contributed by atoms with Crippen LogP contribution in [0.15, 0.2) is 21.3 Å². The van der Waals surface area contributed by atoms with E-state index in [9.17, 15) is 0 Å². The van der Waals surface area contributed by atoms with Gasteiger partial charge in [0.2, 0.25) is 5.89 Å². The zero-order valence-electron chi connectivity index (χ0n) is 12.1. The highest BCUT2D eigenvalue weighted by molar-refractivity contribution is 7.07. The zero-order valence-corrected chi connectivity index (χ0v) is 12.9. The summed E-state index contributed by atoms with van der Waals surface area (Å²) in [7, 11) is 0. The Morgan fingerprint density at radius 3 is 3.10 bits per heavy atom. The predicted molar refractivity (Wildman–Crippen MR) is 80.0 cm³/mol. The SMILES string of the molecule is CC(C)c1noc([C@@H]2CCCN(Cc3ccsc3)C2)n1. The number of hydrogen-bond acceptors (Lipinski definition) is 5. The fraction of sp³-hybridized carbons (Fsp3) is 0.600. The molecule has 20 heavy (non-hydrogen) atoms. The first kappa shape index (κ1) is 13.8. The van der Waals surface area contributed by atoms with Crippen LogP contribution in [0.25, 0.3) is 0 Å². The average molecular weight is 291 g/mol. The molecule has 0 N–H and O–H groups in total. The van der Waals surface area contributed by atoms with Crippen molar-refractivity contribution < 1.29 is 4.52 Å². The molecule has 4 nitrogen and oxygen atoms in total. The molecule has 0 radical (unpaired) electrons. The van der Waals surface area contributed by atoms with Crippen molar-refractivity contribution in [1.82, 2.24) is 15.0 Å². The summed E-state index contributed by atoms with van der Waals surface area (Å²) in [6.45, 7) is 7.41. The van der Waals surface area contributed by atoms with Gasteiger partial charge < -0.3 is 4.52 Å². The van der Waals surface area contributed by atoms with E-state index in [1.807, 2.05) is 0 Å². The van der Waals surface area contributed by atoms with Crippen LogP contribution in [0.1, 0.15) is 55.8 Å². The molecule has 3 heterocycles. The van der Waals surface area contributed by atoms with E-state index in [4.69, 9.17) is 4.52 Å². The molecule has 0 saturated carbocycles. The second-order valence-corrected chi connectivity index (χ2v) is 6.63. The maximum absolute atomic E-state index is 5.46. The maximum atomic E-state index is 5.46. The van der Waals surface area contributed by atoms with Gasteiger partial charge in [-0.15, -0.1) is 0 Å². The summed E-state index contributed by atoms with van der Waals surface area (Å²) in [4.78, 5) is 7.06. The number of aromatic nitrogens is 2. The molecule has 0 aromatic carbocycles. The van der Waals surface area contributed by atoms with Crippen molar-refractivity contribution in [2.24, 2.45) is 0 Å². The van der Waals surface area contributed by atoms with Crippen molar-refractivity contribution in [3.05, 3.63) is 34.1 Å². The topological polar surface area (TPSA) is 42.2 Å². The number of likely N-dealkylation sites (tertiary alicyclic amines) is 1. The Kier molecular flexibility index (Phi) is 4.17. The van der Waals surface area contributed by atoms with E-state index >= 15 is 0 Å². The van der Waals surface area contributed by atoms with Gasteiger partial charge in [-0.05, 0) is 41.8 Å². The molecule has 0 spiro atoms. The summed E-state index contributed by atoms with van der Waals surface area (Å²) < 4.78 is 5.46. The molecule has 1 atom stereocenters. The van der Waals surface area contributed by atoms with Crippen LogP contribution in [-0.2, 0) is 6.54 Å². The molecule has 1 aliphatic heterocycles. The Morgan fingerprint density at radius 1 is 1.50 bits per heavy atom. The van der Waals surface area contributed by atoms with E-state index in [0.29, 0.717) is 11.8 Å². The standard InChI is InChI=1S/C15H21N3OS/c1-11(2)14-16-15(19-17-14)13-4-3-6-18(9-13)8-12-5-7-20-10-12/h5,7,10-11,13H,3-4,6,8-9H2,1-2H3/t13-/m1/s1. The molecule has 0 amide bonds. The lowest BCUT2D eigenvalue weighted by atomic mass is 9.97. The van der Waals surface area contributed by atoms with Crippen LogP contribution in [0, 0.1) is 0 Å². The minimum absolute atomic E-state index is 0.331. The van der Waals surface area contributed by atoms with Gasteiger partial charge in [-0.3, -0.25) is 4.90 Å². The molecule has 108 valence electrons. The van der Waals surface area contributed by atoms with Crippen LogP contribution in [0.2, 0.25) is 0 Å². The number of rotatable bonds is 4. The van der Waals surface area contributed by atoms with E-state index in [2.05, 4.69) is 45.7 Å². The number of hydrogen-bond donors (Lipinski definition) is 0. The maximum Gasteiger partial charge on any atom is 0.231 e. The lowest BCUT2D eigenvalue weighted by Crippen LogP contribution is -2.33. The van der Waals surface area contributed by atoms with Crippen LogP contribution in [-0.4, -0.2) is 28.1 Å². The first-order valence-electron chi connectivity index (χ1n) is 7.29. The number of thiophene rings is 1. The average Bonchev–Trinajstić information content (AvgIpc) is 3.09. The zero-order chi connectivity index (χ0) is 13.9. The van der Waals surface area contributed by atoms with Gasteiger partial charge in [-0.2, -0.15) is 16.3 Å². The van der Waals surface area contributed by atoms with E-state index in [1.165, 1.54) is 12.0 Å². The van der Waals surface area contributed by atoms with E-state index in [1.54, 1.807) is 11.3 Å². The summed E-state index contributed by atoms with van der Waals surface area (Å²) in [6.07, 6.45) is 2.36. The van der Waals surface area contributed by atoms with Crippen LogP contribution in [0.4, 0.5) is 0 Å². The van der Waals surface area contributed by atoms with Crippen LogP contribution < -0.4 is 0 Å². The first-order valence-corrected chi connectivity index (χ1v) is 8.23. The van der Waals surface area contributed by atoms with Gasteiger partial charge >= 0.3 is 0 Å². The van der Waals surface area contributed by atoms with E-state index in [-0.39, 0.29) is 0 Å². The van der Waals surface area contributed by atoms with Crippen molar-refractivity contribution in [2.75, 3.05) is 13.1 Å². The van der Waals surface area contributed by atoms with Gasteiger partial charge in [0.1, 0.15) is 0 Å². The Bertz CT molecular complexity index is 535. The summed E-state index contributed by atoms with van der Waals surface area (Å²) in [5.74, 6) is 2.37. The third-order valence-corrected chi connectivity index (χ3v) is 4.55. The molecule has 1 saturated heterocycles. The van der Waals surface area contributed by atoms with Crippen LogP contribution in [0.3, 0.4) is 0 Å². The molecular formula is C15H21N3OS. The highest BCUT2D eigenvalue weighted by Crippen LogP contribution is 2.27.